The Balaban J connectivity index is 3.55. The van der Waals surface area contributed by atoms with Crippen LogP contribution in [0.3, 0.4) is 0 Å². The summed E-state index contributed by atoms with van der Waals surface area (Å²) < 4.78 is 4.61. The molecule has 0 heterocycles. The second-order valence-corrected chi connectivity index (χ2v) is 4.64. The summed E-state index contributed by atoms with van der Waals surface area (Å²) >= 11 is 3.27. The van der Waals surface area contributed by atoms with Crippen molar-refractivity contribution in [2.24, 2.45) is 0 Å². The molecule has 90 valence electrons. The van der Waals surface area contributed by atoms with Crippen molar-refractivity contribution in [3.05, 3.63) is 0 Å². The Morgan fingerprint density at radius 2 is 2.13 bits per heavy atom. The summed E-state index contributed by atoms with van der Waals surface area (Å²) in [5, 5.41) is 8.60. The Morgan fingerprint density at radius 1 is 1.47 bits per heavy atom. The first-order valence-corrected chi connectivity index (χ1v) is 6.04. The van der Waals surface area contributed by atoms with E-state index < -0.39 is 0 Å². The number of nitrogens with zero attached hydrogens (tertiary/aromatic N) is 1. The second kappa shape index (κ2) is 9.12. The number of ether oxygens (including phenoxy) is 1. The van der Waals surface area contributed by atoms with Crippen LogP contribution >= 0.6 is 15.9 Å². The van der Waals surface area contributed by atoms with Crippen molar-refractivity contribution in [1.82, 2.24) is 4.90 Å². The standard InChI is InChI=1S/C10H20BrNO3/c1-12(6-4-3-5-7-13)8-9(11)10(14)15-2/h9,13H,3-8H2,1-2H3. The Kier molecular flexibility index (Phi) is 9.04. The Labute approximate surface area is 99.7 Å². The summed E-state index contributed by atoms with van der Waals surface area (Å²) in [6.07, 6.45) is 2.91. The molecule has 4 nitrogen and oxygen atoms in total. The van der Waals surface area contributed by atoms with E-state index in [9.17, 15) is 4.79 Å². The number of hydrogen-bond donors (Lipinski definition) is 1. The molecule has 0 saturated heterocycles. The topological polar surface area (TPSA) is 49.8 Å². The molecule has 0 saturated carbocycles. The molecule has 0 aliphatic heterocycles. The summed E-state index contributed by atoms with van der Waals surface area (Å²) in [7, 11) is 3.36. The number of methoxy groups -OCH3 is 1. The first-order chi connectivity index (χ1) is 7.11. The van der Waals surface area contributed by atoms with Crippen LogP contribution < -0.4 is 0 Å². The van der Waals surface area contributed by atoms with Gasteiger partial charge in [0.15, 0.2) is 0 Å². The molecule has 1 unspecified atom stereocenters. The number of hydrogen-bond acceptors (Lipinski definition) is 4. The molecule has 15 heavy (non-hydrogen) atoms. The van der Waals surface area contributed by atoms with Crippen molar-refractivity contribution in [2.75, 3.05) is 33.9 Å². The van der Waals surface area contributed by atoms with Gasteiger partial charge in [-0.2, -0.15) is 0 Å². The Hall–Kier alpha value is -0.130. The van der Waals surface area contributed by atoms with E-state index in [1.165, 1.54) is 7.11 Å². The van der Waals surface area contributed by atoms with Gasteiger partial charge in [0.05, 0.1) is 7.11 Å². The van der Waals surface area contributed by atoms with Crippen LogP contribution in [-0.4, -0.2) is 54.7 Å². The molecule has 0 fully saturated rings. The summed E-state index contributed by atoms with van der Waals surface area (Å²) in [5.41, 5.74) is 0. The minimum atomic E-state index is -0.259. The maximum atomic E-state index is 11.1. The first-order valence-electron chi connectivity index (χ1n) is 5.13. The van der Waals surface area contributed by atoms with E-state index in [2.05, 4.69) is 25.6 Å². The van der Waals surface area contributed by atoms with Gasteiger partial charge in [-0.3, -0.25) is 4.79 Å². The van der Waals surface area contributed by atoms with Crippen LogP contribution in [0, 0.1) is 0 Å². The fraction of sp³-hybridized carbons (Fsp3) is 0.900. The number of carbonyl (C=O) groups excluding carboxylic acids is 1. The minimum Gasteiger partial charge on any atom is -0.468 e. The molecule has 0 bridgehead atoms. The number of rotatable bonds is 8. The molecule has 0 aromatic heterocycles. The highest BCUT2D eigenvalue weighted by molar-refractivity contribution is 9.10. The highest BCUT2D eigenvalue weighted by Crippen LogP contribution is 2.05. The SMILES string of the molecule is COC(=O)C(Br)CN(C)CCCCCO. The number of aliphatic hydroxyl groups is 1. The molecular formula is C10H20BrNO3. The van der Waals surface area contributed by atoms with Crippen LogP contribution in [-0.2, 0) is 9.53 Å². The monoisotopic (exact) mass is 281 g/mol. The number of carbonyl (C=O) groups is 1. The van der Waals surface area contributed by atoms with Gasteiger partial charge in [-0.1, -0.05) is 15.9 Å². The van der Waals surface area contributed by atoms with Crippen molar-refractivity contribution in [2.45, 2.75) is 24.1 Å². The third kappa shape index (κ3) is 7.76. The first kappa shape index (κ1) is 14.9. The van der Waals surface area contributed by atoms with E-state index in [4.69, 9.17) is 5.11 Å². The van der Waals surface area contributed by atoms with Crippen molar-refractivity contribution in [3.8, 4) is 0 Å². The number of unbranched alkanes of at least 4 members (excludes halogenated alkanes) is 2. The summed E-state index contributed by atoms with van der Waals surface area (Å²) in [4.78, 5) is 12.9. The zero-order valence-corrected chi connectivity index (χ0v) is 11.0. The molecule has 1 N–H and O–H groups in total. The highest BCUT2D eigenvalue weighted by Gasteiger charge is 2.16. The lowest BCUT2D eigenvalue weighted by molar-refractivity contribution is -0.140. The zero-order valence-electron chi connectivity index (χ0n) is 9.41. The maximum Gasteiger partial charge on any atom is 0.320 e. The van der Waals surface area contributed by atoms with E-state index in [-0.39, 0.29) is 17.4 Å². The van der Waals surface area contributed by atoms with E-state index in [1.807, 2.05) is 7.05 Å². The Bertz CT molecular complexity index is 178. The van der Waals surface area contributed by atoms with Crippen LogP contribution in [0.1, 0.15) is 19.3 Å². The quantitative estimate of drug-likeness (QED) is 0.410. The van der Waals surface area contributed by atoms with Gasteiger partial charge in [0.25, 0.3) is 0 Å². The van der Waals surface area contributed by atoms with Crippen molar-refractivity contribution >= 4 is 21.9 Å². The predicted octanol–water partition coefficient (Wildman–Crippen LogP) is 1.02. The van der Waals surface area contributed by atoms with Gasteiger partial charge in [0.1, 0.15) is 4.83 Å². The highest BCUT2D eigenvalue weighted by atomic mass is 79.9. The van der Waals surface area contributed by atoms with E-state index in [0.717, 1.165) is 25.8 Å². The third-order valence-corrected chi connectivity index (χ3v) is 2.79. The molecule has 0 spiro atoms. The summed E-state index contributed by atoms with van der Waals surface area (Å²) in [6.45, 7) is 1.83. The van der Waals surface area contributed by atoms with E-state index >= 15 is 0 Å². The predicted molar refractivity (Wildman–Crippen MR) is 63.2 cm³/mol. The molecule has 1 atom stereocenters. The molecule has 0 rings (SSSR count). The molecule has 0 aromatic carbocycles. The lowest BCUT2D eigenvalue weighted by Gasteiger charge is -2.18. The van der Waals surface area contributed by atoms with Crippen LogP contribution in [0.4, 0.5) is 0 Å². The molecule has 0 amide bonds. The van der Waals surface area contributed by atoms with Gasteiger partial charge in [-0.05, 0) is 32.9 Å². The molecule has 0 aromatic rings. The second-order valence-electron chi connectivity index (χ2n) is 3.54. The maximum absolute atomic E-state index is 11.1. The lowest BCUT2D eigenvalue weighted by atomic mass is 10.2. The van der Waals surface area contributed by atoms with Crippen LogP contribution in [0.15, 0.2) is 0 Å². The zero-order chi connectivity index (χ0) is 11.7. The van der Waals surface area contributed by atoms with Gasteiger partial charge in [-0.15, -0.1) is 0 Å². The van der Waals surface area contributed by atoms with Gasteiger partial charge >= 0.3 is 5.97 Å². The van der Waals surface area contributed by atoms with E-state index in [0.29, 0.717) is 6.54 Å². The van der Waals surface area contributed by atoms with Crippen LogP contribution in [0.2, 0.25) is 0 Å². The minimum absolute atomic E-state index is 0.239. The van der Waals surface area contributed by atoms with Gasteiger partial charge < -0.3 is 14.7 Å². The average Bonchev–Trinajstić information content (AvgIpc) is 2.23. The number of halogens is 1. The van der Waals surface area contributed by atoms with Crippen molar-refractivity contribution in [1.29, 1.82) is 0 Å². The number of esters is 1. The smallest absolute Gasteiger partial charge is 0.320 e. The number of aliphatic hydroxyl groups excluding tert-OH is 1. The van der Waals surface area contributed by atoms with Crippen LogP contribution in [0.25, 0.3) is 0 Å². The Morgan fingerprint density at radius 3 is 2.67 bits per heavy atom. The van der Waals surface area contributed by atoms with Crippen molar-refractivity contribution in [3.63, 3.8) is 0 Å². The largest absolute Gasteiger partial charge is 0.468 e. The number of alkyl halides is 1. The van der Waals surface area contributed by atoms with Crippen LogP contribution in [0.5, 0.6) is 0 Å². The van der Waals surface area contributed by atoms with Gasteiger partial charge in [-0.25, -0.2) is 0 Å². The molecule has 0 aliphatic carbocycles. The normalized spacial score (nSPS) is 12.9. The van der Waals surface area contributed by atoms with Gasteiger partial charge in [0, 0.05) is 13.2 Å². The summed E-state index contributed by atoms with van der Waals surface area (Å²) in [5.74, 6) is -0.239. The molecular weight excluding hydrogens is 262 g/mol. The van der Waals surface area contributed by atoms with Crippen molar-refractivity contribution < 1.29 is 14.6 Å². The molecule has 5 heteroatoms. The van der Waals surface area contributed by atoms with Gasteiger partial charge in [0.2, 0.25) is 0 Å². The molecule has 0 aliphatic rings. The average molecular weight is 282 g/mol. The third-order valence-electron chi connectivity index (χ3n) is 2.13. The fourth-order valence-corrected chi connectivity index (χ4v) is 1.92. The summed E-state index contributed by atoms with van der Waals surface area (Å²) in [6, 6.07) is 0. The fourth-order valence-electron chi connectivity index (χ4n) is 1.24. The van der Waals surface area contributed by atoms with E-state index in [1.54, 1.807) is 0 Å². The molecule has 0 radical (unpaired) electrons. The lowest BCUT2D eigenvalue weighted by Crippen LogP contribution is -2.32.